The van der Waals surface area contributed by atoms with E-state index in [9.17, 15) is 5.11 Å². The van der Waals surface area contributed by atoms with Gasteiger partial charge in [-0.3, -0.25) is 0 Å². The number of hydrogen-bond acceptors (Lipinski definition) is 2. The average molecular weight is 304 g/mol. The Morgan fingerprint density at radius 1 is 1.00 bits per heavy atom. The maximum Gasteiger partial charge on any atom is 0.219 e. The third-order valence-corrected chi connectivity index (χ3v) is 4.71. The lowest BCUT2D eigenvalue weighted by Gasteiger charge is -2.08. The van der Waals surface area contributed by atoms with E-state index in [1.54, 1.807) is 13.2 Å². The molecule has 114 valence electrons. The molecule has 0 aliphatic rings. The number of pyridine rings is 2. The van der Waals surface area contributed by atoms with E-state index in [-0.39, 0.29) is 5.75 Å². The van der Waals surface area contributed by atoms with Gasteiger partial charge in [0.1, 0.15) is 0 Å². The Kier molecular flexibility index (Phi) is 2.91. The highest BCUT2D eigenvalue weighted by Gasteiger charge is 2.16. The summed E-state index contributed by atoms with van der Waals surface area (Å²) in [5.74, 6) is 0.672. The molecule has 0 saturated carbocycles. The van der Waals surface area contributed by atoms with Gasteiger partial charge in [0.25, 0.3) is 0 Å². The van der Waals surface area contributed by atoms with Crippen molar-refractivity contribution in [3.63, 3.8) is 0 Å². The second kappa shape index (κ2) is 4.85. The SMILES string of the molecule is COc1ccc2cc3c4c(C)c(C)ccc4cc[n+]3cc2c1O. The predicted molar refractivity (Wildman–Crippen MR) is 92.3 cm³/mol. The fraction of sp³-hybridized carbons (Fsp3) is 0.150. The van der Waals surface area contributed by atoms with Crippen LogP contribution in [-0.2, 0) is 0 Å². The fourth-order valence-corrected chi connectivity index (χ4v) is 3.26. The van der Waals surface area contributed by atoms with E-state index >= 15 is 0 Å². The quantitative estimate of drug-likeness (QED) is 0.327. The van der Waals surface area contributed by atoms with Crippen molar-refractivity contribution in [2.45, 2.75) is 13.8 Å². The first-order valence-corrected chi connectivity index (χ1v) is 7.64. The zero-order valence-electron chi connectivity index (χ0n) is 13.4. The van der Waals surface area contributed by atoms with Gasteiger partial charge in [-0.2, -0.15) is 4.40 Å². The summed E-state index contributed by atoms with van der Waals surface area (Å²) in [7, 11) is 1.56. The topological polar surface area (TPSA) is 33.6 Å². The molecule has 1 N–H and O–H groups in total. The molecule has 2 heterocycles. The van der Waals surface area contributed by atoms with Crippen LogP contribution >= 0.6 is 0 Å². The molecule has 0 aliphatic carbocycles. The Hall–Kier alpha value is -2.81. The summed E-state index contributed by atoms with van der Waals surface area (Å²) in [5.41, 5.74) is 3.71. The highest BCUT2D eigenvalue weighted by molar-refractivity contribution is 6.01. The summed E-state index contributed by atoms with van der Waals surface area (Å²) in [6.07, 6.45) is 3.99. The number of aromatic hydroxyl groups is 1. The molecule has 4 aromatic rings. The van der Waals surface area contributed by atoms with Crippen LogP contribution in [0.1, 0.15) is 11.1 Å². The van der Waals surface area contributed by atoms with E-state index in [1.807, 2.05) is 18.5 Å². The zero-order chi connectivity index (χ0) is 16.1. The second-order valence-electron chi connectivity index (χ2n) is 5.97. The molecule has 2 aromatic carbocycles. The maximum atomic E-state index is 10.4. The molecular formula is C20H18NO2+. The predicted octanol–water partition coefficient (Wildman–Crippen LogP) is 4.06. The highest BCUT2D eigenvalue weighted by Crippen LogP contribution is 2.34. The Morgan fingerprint density at radius 3 is 2.57 bits per heavy atom. The molecule has 0 bridgehead atoms. The number of hydrogen-bond donors (Lipinski definition) is 1. The molecule has 0 radical (unpaired) electrons. The molecule has 3 heteroatoms. The van der Waals surface area contributed by atoms with Crippen LogP contribution in [-0.4, -0.2) is 12.2 Å². The molecule has 0 fully saturated rings. The van der Waals surface area contributed by atoms with Gasteiger partial charge in [-0.15, -0.1) is 0 Å². The van der Waals surface area contributed by atoms with E-state index < -0.39 is 0 Å². The first-order valence-electron chi connectivity index (χ1n) is 7.64. The third kappa shape index (κ3) is 1.93. The van der Waals surface area contributed by atoms with Crippen molar-refractivity contribution in [2.75, 3.05) is 7.11 Å². The number of methoxy groups -OCH3 is 1. The Bertz CT molecular complexity index is 1080. The van der Waals surface area contributed by atoms with Gasteiger partial charge in [0.05, 0.1) is 17.9 Å². The van der Waals surface area contributed by atoms with Crippen molar-refractivity contribution in [1.82, 2.24) is 0 Å². The average Bonchev–Trinajstić information content (AvgIpc) is 2.57. The molecule has 3 nitrogen and oxygen atoms in total. The number of phenols is 1. The molecule has 0 atom stereocenters. The lowest BCUT2D eigenvalue weighted by molar-refractivity contribution is -0.509. The van der Waals surface area contributed by atoms with Crippen molar-refractivity contribution in [3.05, 3.63) is 59.9 Å². The van der Waals surface area contributed by atoms with E-state index in [4.69, 9.17) is 4.74 Å². The summed E-state index contributed by atoms with van der Waals surface area (Å²) in [6.45, 7) is 4.30. The number of nitrogens with zero attached hydrogens (tertiary/aromatic N) is 1. The number of ether oxygens (including phenoxy) is 1. The standard InChI is InChI=1S/C20H17NO2/c1-12-4-5-14-8-9-21-11-16-15(6-7-18(23-3)20(16)22)10-17(21)19(14)13(12)2/h4-11H,1-3H3/p+1. The number of fused-ring (bicyclic) bond motifs is 4. The molecule has 0 aliphatic heterocycles. The summed E-state index contributed by atoms with van der Waals surface area (Å²) < 4.78 is 7.28. The van der Waals surface area contributed by atoms with E-state index in [2.05, 4.69) is 42.5 Å². The van der Waals surface area contributed by atoms with Crippen molar-refractivity contribution in [3.8, 4) is 11.5 Å². The third-order valence-electron chi connectivity index (χ3n) is 4.71. The van der Waals surface area contributed by atoms with Gasteiger partial charge >= 0.3 is 0 Å². The van der Waals surface area contributed by atoms with Gasteiger partial charge in [-0.05, 0) is 47.9 Å². The second-order valence-corrected chi connectivity index (χ2v) is 5.97. The first-order chi connectivity index (χ1) is 11.1. The largest absolute Gasteiger partial charge is 0.504 e. The van der Waals surface area contributed by atoms with Crippen LogP contribution < -0.4 is 9.14 Å². The minimum atomic E-state index is 0.181. The molecule has 0 amide bonds. The van der Waals surface area contributed by atoms with Crippen LogP contribution in [0, 0.1) is 13.8 Å². The molecule has 0 spiro atoms. The van der Waals surface area contributed by atoms with Crippen molar-refractivity contribution in [1.29, 1.82) is 0 Å². The summed E-state index contributed by atoms with van der Waals surface area (Å²) >= 11 is 0. The molecule has 4 rings (SSSR count). The van der Waals surface area contributed by atoms with Gasteiger partial charge in [-0.1, -0.05) is 12.1 Å². The van der Waals surface area contributed by atoms with Crippen LogP contribution in [0.5, 0.6) is 11.5 Å². The summed E-state index contributed by atoms with van der Waals surface area (Å²) in [6, 6.07) is 12.3. The van der Waals surface area contributed by atoms with Gasteiger partial charge < -0.3 is 9.84 Å². The molecule has 2 aromatic heterocycles. The lowest BCUT2D eigenvalue weighted by atomic mass is 9.99. The summed E-state index contributed by atoms with van der Waals surface area (Å²) in [4.78, 5) is 0. The van der Waals surface area contributed by atoms with Crippen LogP contribution in [0.25, 0.3) is 27.1 Å². The highest BCUT2D eigenvalue weighted by atomic mass is 16.5. The molecular weight excluding hydrogens is 286 g/mol. The van der Waals surface area contributed by atoms with Gasteiger partial charge in [-0.25, -0.2) is 0 Å². The first kappa shape index (κ1) is 13.8. The van der Waals surface area contributed by atoms with Gasteiger partial charge in [0.2, 0.25) is 5.52 Å². The number of aryl methyl sites for hydroxylation is 2. The summed E-state index contributed by atoms with van der Waals surface area (Å²) in [5, 5.41) is 14.6. The number of phenolic OH excluding ortho intramolecular Hbond substituents is 1. The smallest absolute Gasteiger partial charge is 0.219 e. The van der Waals surface area contributed by atoms with Gasteiger partial charge in [0, 0.05) is 12.1 Å². The monoisotopic (exact) mass is 304 g/mol. The fourth-order valence-electron chi connectivity index (χ4n) is 3.26. The number of aromatic nitrogens is 1. The minimum Gasteiger partial charge on any atom is -0.504 e. The van der Waals surface area contributed by atoms with Crippen LogP contribution in [0.15, 0.2) is 48.8 Å². The zero-order valence-corrected chi connectivity index (χ0v) is 13.4. The number of rotatable bonds is 1. The van der Waals surface area contributed by atoms with Crippen LogP contribution in [0.3, 0.4) is 0 Å². The van der Waals surface area contributed by atoms with E-state index in [0.717, 1.165) is 16.3 Å². The minimum absolute atomic E-state index is 0.181. The van der Waals surface area contributed by atoms with Crippen molar-refractivity contribution >= 4 is 27.1 Å². The van der Waals surface area contributed by atoms with Crippen LogP contribution in [0.4, 0.5) is 0 Å². The van der Waals surface area contributed by atoms with Crippen LogP contribution in [0.2, 0.25) is 0 Å². The lowest BCUT2D eigenvalue weighted by Crippen LogP contribution is -2.21. The van der Waals surface area contributed by atoms with E-state index in [1.165, 1.54) is 21.9 Å². The Morgan fingerprint density at radius 2 is 1.78 bits per heavy atom. The molecule has 0 unspecified atom stereocenters. The normalized spacial score (nSPS) is 11.4. The maximum absolute atomic E-state index is 10.4. The molecule has 0 saturated heterocycles. The van der Waals surface area contributed by atoms with Gasteiger partial charge in [0.15, 0.2) is 23.9 Å². The van der Waals surface area contributed by atoms with E-state index in [0.29, 0.717) is 5.75 Å². The molecule has 23 heavy (non-hydrogen) atoms. The Labute approximate surface area is 134 Å². The van der Waals surface area contributed by atoms with Crippen molar-refractivity contribution < 1.29 is 14.2 Å². The van der Waals surface area contributed by atoms with Crippen molar-refractivity contribution in [2.24, 2.45) is 0 Å². The Balaban J connectivity index is 2.20. The number of benzene rings is 2.